The monoisotopic (exact) mass is 460 g/mol. The van der Waals surface area contributed by atoms with Crippen LogP contribution in [-0.2, 0) is 27.4 Å². The number of primary sulfonamides is 1. The van der Waals surface area contributed by atoms with Gasteiger partial charge in [-0.15, -0.1) is 0 Å². The van der Waals surface area contributed by atoms with Crippen LogP contribution in [0, 0.1) is 0 Å². The van der Waals surface area contributed by atoms with Gasteiger partial charge in [0.1, 0.15) is 4.90 Å². The highest BCUT2D eigenvalue weighted by Crippen LogP contribution is 2.40. The molecule has 0 aliphatic heterocycles. The number of benzene rings is 2. The molecule has 3 rings (SSSR count). The Labute approximate surface area is 172 Å². The maximum atomic E-state index is 12.8. The van der Waals surface area contributed by atoms with Gasteiger partial charge in [0, 0.05) is 21.7 Å². The predicted octanol–water partition coefficient (Wildman–Crippen LogP) is 2.75. The van der Waals surface area contributed by atoms with E-state index in [1.54, 1.807) is 12.1 Å². The third-order valence-electron chi connectivity index (χ3n) is 3.95. The summed E-state index contributed by atoms with van der Waals surface area (Å²) in [4.78, 5) is 14.1. The number of nitrogens with zero attached hydrogens (tertiary/aromatic N) is 2. The first kappa shape index (κ1) is 21.7. The van der Waals surface area contributed by atoms with Crippen LogP contribution < -0.4 is 10.9 Å². The Morgan fingerprint density at radius 1 is 1.13 bits per heavy atom. The molecule has 0 unspecified atom stereocenters. The van der Waals surface area contributed by atoms with Crippen molar-refractivity contribution in [3.8, 4) is 22.5 Å². The molecule has 0 radical (unpaired) electrons. The van der Waals surface area contributed by atoms with Crippen molar-refractivity contribution >= 4 is 27.5 Å². The lowest BCUT2D eigenvalue weighted by Crippen LogP contribution is -2.19. The summed E-state index contributed by atoms with van der Waals surface area (Å²) in [7, 11) is -4.58. The molecule has 0 spiro atoms. The number of primary amides is 1. The highest BCUT2D eigenvalue weighted by atomic mass is 35.5. The first-order chi connectivity index (χ1) is 13.9. The number of halogens is 4. The molecule has 0 fully saturated rings. The topological polar surface area (TPSA) is 142 Å². The second kappa shape index (κ2) is 7.70. The van der Waals surface area contributed by atoms with E-state index < -0.39 is 38.7 Å². The summed E-state index contributed by atoms with van der Waals surface area (Å²) in [6.07, 6.45) is -5.33. The number of hydrogen-bond acceptors (Lipinski definition) is 6. The van der Waals surface area contributed by atoms with E-state index in [1.807, 2.05) is 0 Å². The number of carbonyl (C=O) groups is 1. The number of amides is 1. The lowest BCUT2D eigenvalue weighted by molar-refractivity contribution is -0.159. The molecule has 0 aliphatic rings. The van der Waals surface area contributed by atoms with E-state index in [0.29, 0.717) is 0 Å². The van der Waals surface area contributed by atoms with E-state index in [1.165, 1.54) is 18.2 Å². The smallest absolute Gasteiger partial charge is 0.369 e. The molecule has 4 N–H and O–H groups in total. The zero-order valence-electron chi connectivity index (χ0n) is 14.8. The molecule has 0 atom stereocenters. The highest BCUT2D eigenvalue weighted by molar-refractivity contribution is 7.89. The summed E-state index contributed by atoms with van der Waals surface area (Å²) in [6.45, 7) is 0. The van der Waals surface area contributed by atoms with Gasteiger partial charge in [0.05, 0.1) is 6.42 Å². The number of nitrogens with two attached hydrogens (primary N) is 2. The first-order valence-corrected chi connectivity index (χ1v) is 9.95. The Bertz CT molecular complexity index is 1240. The van der Waals surface area contributed by atoms with Crippen LogP contribution in [0.5, 0.6) is 0 Å². The van der Waals surface area contributed by atoms with Crippen LogP contribution in [0.4, 0.5) is 13.2 Å². The highest BCUT2D eigenvalue weighted by Gasteiger charge is 2.39. The fraction of sp³-hybridized carbons (Fsp3) is 0.118. The molecule has 13 heteroatoms. The van der Waals surface area contributed by atoms with Crippen molar-refractivity contribution in [2.75, 3.05) is 0 Å². The summed E-state index contributed by atoms with van der Waals surface area (Å²) in [6, 6.07) is 8.46. The van der Waals surface area contributed by atoms with Gasteiger partial charge in [0.2, 0.25) is 21.8 Å². The van der Waals surface area contributed by atoms with E-state index >= 15 is 0 Å². The summed E-state index contributed by atoms with van der Waals surface area (Å²) < 4.78 is 67.7. The number of alkyl halides is 3. The summed E-state index contributed by atoms with van der Waals surface area (Å²) in [5, 5.41) is 8.71. The van der Waals surface area contributed by atoms with Crippen LogP contribution in [0.3, 0.4) is 0 Å². The van der Waals surface area contributed by atoms with Gasteiger partial charge in [-0.1, -0.05) is 41.0 Å². The lowest BCUT2D eigenvalue weighted by atomic mass is 9.94. The quantitative estimate of drug-likeness (QED) is 0.599. The van der Waals surface area contributed by atoms with Crippen molar-refractivity contribution < 1.29 is 30.9 Å². The molecule has 0 bridgehead atoms. The third-order valence-corrected chi connectivity index (χ3v) is 5.27. The number of aromatic nitrogens is 2. The van der Waals surface area contributed by atoms with E-state index in [-0.39, 0.29) is 33.7 Å². The van der Waals surface area contributed by atoms with Gasteiger partial charge in [0.25, 0.3) is 0 Å². The number of hydrogen-bond donors (Lipinski definition) is 2. The lowest BCUT2D eigenvalue weighted by Gasteiger charge is -2.17. The Morgan fingerprint density at radius 3 is 2.33 bits per heavy atom. The van der Waals surface area contributed by atoms with E-state index in [2.05, 4.69) is 14.7 Å². The standard InChI is InChI=1S/C17H12ClF3N4O4S/c18-11-4-2-1-3-9(11)13-8(7-12(22)26)5-6-10(14(13)30(23,27)28)15-24-16(29-25-15)17(19,20)21/h1-6H,7H2,(H2,22,26)(H2,23,27,28). The van der Waals surface area contributed by atoms with Gasteiger partial charge in [-0.2, -0.15) is 18.2 Å². The average Bonchev–Trinajstić information content (AvgIpc) is 3.11. The third kappa shape index (κ3) is 4.30. The number of sulfonamides is 1. The largest absolute Gasteiger partial charge is 0.471 e. The minimum Gasteiger partial charge on any atom is -0.369 e. The molecule has 0 saturated heterocycles. The molecule has 158 valence electrons. The fourth-order valence-electron chi connectivity index (χ4n) is 2.84. The zero-order chi connectivity index (χ0) is 22.3. The van der Waals surface area contributed by atoms with Crippen molar-refractivity contribution in [1.29, 1.82) is 0 Å². The number of rotatable bonds is 5. The van der Waals surface area contributed by atoms with Crippen LogP contribution in [-0.4, -0.2) is 24.5 Å². The van der Waals surface area contributed by atoms with Crippen LogP contribution in [0.15, 0.2) is 45.8 Å². The normalized spacial score (nSPS) is 12.2. The SMILES string of the molecule is NC(=O)Cc1ccc(-c2noc(C(F)(F)F)n2)c(S(N)(=O)=O)c1-c1ccccc1Cl. The van der Waals surface area contributed by atoms with Crippen LogP contribution >= 0.6 is 11.6 Å². The first-order valence-electron chi connectivity index (χ1n) is 8.02. The molecule has 0 aliphatic carbocycles. The Morgan fingerprint density at radius 2 is 1.80 bits per heavy atom. The second-order valence-corrected chi connectivity index (χ2v) is 7.97. The van der Waals surface area contributed by atoms with Crippen molar-refractivity contribution in [2.24, 2.45) is 10.9 Å². The molecule has 1 amide bonds. The van der Waals surface area contributed by atoms with Crippen molar-refractivity contribution in [3.05, 3.63) is 52.9 Å². The van der Waals surface area contributed by atoms with Gasteiger partial charge in [-0.25, -0.2) is 13.6 Å². The molecule has 30 heavy (non-hydrogen) atoms. The Balaban J connectivity index is 2.41. The van der Waals surface area contributed by atoms with Crippen LogP contribution in [0.25, 0.3) is 22.5 Å². The molecule has 1 aromatic heterocycles. The molecule has 0 saturated carbocycles. The maximum absolute atomic E-state index is 12.8. The van der Waals surface area contributed by atoms with Gasteiger partial charge < -0.3 is 10.3 Å². The molecule has 8 nitrogen and oxygen atoms in total. The molecule has 1 heterocycles. The Kier molecular flexibility index (Phi) is 5.58. The predicted molar refractivity (Wildman–Crippen MR) is 99.5 cm³/mol. The Hall–Kier alpha value is -2.96. The van der Waals surface area contributed by atoms with Crippen LogP contribution in [0.2, 0.25) is 5.02 Å². The number of carbonyl (C=O) groups excluding carboxylic acids is 1. The molecular formula is C17H12ClF3N4O4S. The zero-order valence-corrected chi connectivity index (χ0v) is 16.3. The molecule has 2 aromatic carbocycles. The van der Waals surface area contributed by atoms with E-state index in [9.17, 15) is 26.4 Å². The molecule has 3 aromatic rings. The van der Waals surface area contributed by atoms with E-state index in [0.717, 1.165) is 6.07 Å². The fourth-order valence-corrected chi connectivity index (χ4v) is 4.06. The molecular weight excluding hydrogens is 449 g/mol. The van der Waals surface area contributed by atoms with Crippen molar-refractivity contribution in [3.63, 3.8) is 0 Å². The minimum absolute atomic E-state index is 0.0993. The van der Waals surface area contributed by atoms with E-state index in [4.69, 9.17) is 22.5 Å². The van der Waals surface area contributed by atoms with Gasteiger partial charge >= 0.3 is 12.1 Å². The summed E-state index contributed by atoms with van der Waals surface area (Å²) in [5.41, 5.74) is 5.10. The van der Waals surface area contributed by atoms with Crippen LogP contribution in [0.1, 0.15) is 11.5 Å². The van der Waals surface area contributed by atoms with Gasteiger partial charge in [-0.05, 0) is 17.7 Å². The minimum atomic E-state index is -4.94. The van der Waals surface area contributed by atoms with Crippen molar-refractivity contribution in [1.82, 2.24) is 10.1 Å². The van der Waals surface area contributed by atoms with Gasteiger partial charge in [-0.3, -0.25) is 4.79 Å². The summed E-state index contributed by atoms with van der Waals surface area (Å²) in [5.74, 6) is -3.11. The van der Waals surface area contributed by atoms with Gasteiger partial charge in [0.15, 0.2) is 0 Å². The average molecular weight is 461 g/mol. The van der Waals surface area contributed by atoms with Crippen molar-refractivity contribution in [2.45, 2.75) is 17.5 Å². The second-order valence-electron chi connectivity index (χ2n) is 6.07. The summed E-state index contributed by atoms with van der Waals surface area (Å²) >= 11 is 6.20. The maximum Gasteiger partial charge on any atom is 0.471 e.